The number of anilines is 1. The van der Waals surface area contributed by atoms with Gasteiger partial charge in [-0.05, 0) is 55.0 Å². The number of nitrogens with one attached hydrogen (secondary N) is 2. The van der Waals surface area contributed by atoms with Gasteiger partial charge in [-0.2, -0.15) is 5.10 Å². The first kappa shape index (κ1) is 23.0. The Morgan fingerprint density at radius 2 is 2.08 bits per heavy atom. The summed E-state index contributed by atoms with van der Waals surface area (Å²) in [6.07, 6.45) is 7.17. The van der Waals surface area contributed by atoms with E-state index in [2.05, 4.69) is 42.6 Å². The number of hydrogen-bond acceptors (Lipinski definition) is 7. The fourth-order valence-corrected chi connectivity index (χ4v) is 5.93. The molecule has 2 N–H and O–H groups in total. The van der Waals surface area contributed by atoms with E-state index in [1.807, 2.05) is 29.9 Å². The quantitative estimate of drug-likeness (QED) is 0.330. The van der Waals surface area contributed by atoms with E-state index >= 15 is 0 Å². The minimum absolute atomic E-state index is 0.219. The van der Waals surface area contributed by atoms with E-state index in [1.165, 1.54) is 0 Å². The highest BCUT2D eigenvalue weighted by Gasteiger charge is 2.55. The molecule has 2 unspecified atom stereocenters. The number of nitrogens with zero attached hydrogens (tertiary/aromatic N) is 6. The van der Waals surface area contributed by atoms with E-state index in [0.717, 1.165) is 52.3 Å². The monoisotopic (exact) mass is 528 g/mol. The van der Waals surface area contributed by atoms with Gasteiger partial charge in [0.2, 0.25) is 0 Å². The third-order valence-corrected chi connectivity index (χ3v) is 7.94. The number of ether oxygens (including phenoxy) is 1. The number of carbonyl (C=O) groups is 1. The molecule has 2 fully saturated rings. The highest BCUT2D eigenvalue weighted by molar-refractivity contribution is 6.33. The summed E-state index contributed by atoms with van der Waals surface area (Å²) in [5.41, 5.74) is 3.95. The zero-order valence-corrected chi connectivity index (χ0v) is 21.4. The van der Waals surface area contributed by atoms with Crippen LogP contribution in [0.4, 0.5) is 5.82 Å². The van der Waals surface area contributed by atoms with E-state index in [-0.39, 0.29) is 11.6 Å². The van der Waals surface area contributed by atoms with Gasteiger partial charge in [0.05, 0.1) is 34.9 Å². The fourth-order valence-electron chi connectivity index (χ4n) is 5.72. The number of H-pyrrole nitrogens is 1. The first-order valence-electron chi connectivity index (χ1n) is 12.7. The maximum atomic E-state index is 12.4. The van der Waals surface area contributed by atoms with Crippen molar-refractivity contribution in [3.8, 4) is 16.9 Å². The molecule has 1 saturated heterocycles. The summed E-state index contributed by atoms with van der Waals surface area (Å²) in [4.78, 5) is 23.7. The lowest BCUT2D eigenvalue weighted by molar-refractivity contribution is 0.0946. The molecule has 3 atom stereocenters. The second-order valence-corrected chi connectivity index (χ2v) is 10.2. The van der Waals surface area contributed by atoms with Crippen molar-refractivity contribution in [2.45, 2.75) is 6.92 Å². The van der Waals surface area contributed by atoms with Gasteiger partial charge in [0.25, 0.3) is 5.91 Å². The lowest BCUT2D eigenvalue weighted by Gasteiger charge is -2.21. The van der Waals surface area contributed by atoms with Crippen molar-refractivity contribution < 1.29 is 9.53 Å². The molecule has 0 bridgehead atoms. The van der Waals surface area contributed by atoms with Crippen molar-refractivity contribution in [3.05, 3.63) is 65.8 Å². The molecular weight excluding hydrogens is 504 g/mol. The van der Waals surface area contributed by atoms with Crippen LogP contribution >= 0.6 is 11.6 Å². The Morgan fingerprint density at radius 1 is 1.21 bits per heavy atom. The van der Waals surface area contributed by atoms with Crippen molar-refractivity contribution in [2.24, 2.45) is 17.8 Å². The van der Waals surface area contributed by atoms with Gasteiger partial charge in [-0.25, -0.2) is 14.5 Å². The molecule has 38 heavy (non-hydrogen) atoms. The molecule has 0 spiro atoms. The zero-order valence-electron chi connectivity index (χ0n) is 20.6. The number of amides is 1. The Hall–Kier alpha value is -4.18. The molecule has 11 heteroatoms. The van der Waals surface area contributed by atoms with E-state index in [0.29, 0.717) is 35.9 Å². The van der Waals surface area contributed by atoms with Gasteiger partial charge in [-0.15, -0.1) is 5.10 Å². The molecule has 1 saturated carbocycles. The van der Waals surface area contributed by atoms with Crippen molar-refractivity contribution in [3.63, 3.8) is 0 Å². The zero-order chi connectivity index (χ0) is 25.8. The van der Waals surface area contributed by atoms with Gasteiger partial charge in [-0.1, -0.05) is 11.6 Å². The Bertz CT molecular complexity index is 1650. The Labute approximate surface area is 223 Å². The van der Waals surface area contributed by atoms with Crippen LogP contribution in [0.25, 0.3) is 27.7 Å². The maximum Gasteiger partial charge on any atom is 0.271 e. The fraction of sp³-hybridized carbons (Fsp3) is 0.296. The van der Waals surface area contributed by atoms with Gasteiger partial charge in [0.15, 0.2) is 5.65 Å². The lowest BCUT2D eigenvalue weighted by Crippen LogP contribution is -2.31. The molecular formula is C27H25ClN8O2. The minimum atomic E-state index is -0.219. The molecule has 6 heterocycles. The first-order valence-corrected chi connectivity index (χ1v) is 13.1. The smallest absolute Gasteiger partial charge is 0.271 e. The van der Waals surface area contributed by atoms with Gasteiger partial charge < -0.3 is 15.0 Å². The number of piperidine rings is 1. The van der Waals surface area contributed by atoms with E-state index < -0.39 is 0 Å². The van der Waals surface area contributed by atoms with E-state index in [9.17, 15) is 4.79 Å². The number of aromatic amines is 1. The standard InChI is InChI=1S/C27H25ClN8O2/c1-2-38-16-8-17(25-19-11-32-33-26(19)34-36(25)12-16)15-5-6-23(30-9-15)35-13-20-18(21(20)14-35)10-31-27(37)24-22(28)4-3-7-29-24/h3-9,11-12,18,20-21H,2,10,13-14H2,1H3,(H,31,37)(H,33,34)/t18?,20-,21?/m1/s1. The predicted octanol–water partition coefficient (Wildman–Crippen LogP) is 3.83. The van der Waals surface area contributed by atoms with Crippen molar-refractivity contribution in [1.29, 1.82) is 0 Å². The Balaban J connectivity index is 1.04. The molecule has 1 aliphatic heterocycles. The highest BCUT2D eigenvalue weighted by atomic mass is 35.5. The average Bonchev–Trinajstić information content (AvgIpc) is 3.32. The SMILES string of the molecule is CCOc1cc(-c2ccc(N3CC4C(CNC(=O)c5ncccc5Cl)[C@H]4C3)nc2)c2c3cn[nH]c3nn2c1. The van der Waals surface area contributed by atoms with Crippen LogP contribution in [0.1, 0.15) is 17.4 Å². The highest BCUT2D eigenvalue weighted by Crippen LogP contribution is 2.52. The lowest BCUT2D eigenvalue weighted by atomic mass is 10.1. The average molecular weight is 529 g/mol. The molecule has 0 radical (unpaired) electrons. The van der Waals surface area contributed by atoms with Gasteiger partial charge >= 0.3 is 0 Å². The van der Waals surface area contributed by atoms with Crippen molar-refractivity contribution >= 4 is 39.9 Å². The maximum absolute atomic E-state index is 12.4. The summed E-state index contributed by atoms with van der Waals surface area (Å²) in [5, 5.41) is 16.0. The molecule has 10 nitrogen and oxygen atoms in total. The number of carbonyl (C=O) groups excluding carboxylic acids is 1. The third-order valence-electron chi connectivity index (χ3n) is 7.64. The molecule has 1 amide bonds. The summed E-state index contributed by atoms with van der Waals surface area (Å²) >= 11 is 6.10. The van der Waals surface area contributed by atoms with Crippen LogP contribution in [0.3, 0.4) is 0 Å². The van der Waals surface area contributed by atoms with Crippen LogP contribution in [-0.4, -0.2) is 61.9 Å². The molecule has 5 aromatic rings. The molecule has 7 rings (SSSR count). The number of hydrogen-bond donors (Lipinski definition) is 2. The number of pyridine rings is 3. The van der Waals surface area contributed by atoms with Gasteiger partial charge in [-0.3, -0.25) is 9.89 Å². The topological polar surface area (TPSA) is 113 Å². The molecule has 2 aliphatic rings. The van der Waals surface area contributed by atoms with Crippen LogP contribution in [0.2, 0.25) is 5.02 Å². The van der Waals surface area contributed by atoms with Crippen LogP contribution in [-0.2, 0) is 0 Å². The molecule has 192 valence electrons. The van der Waals surface area contributed by atoms with E-state index in [1.54, 1.807) is 24.5 Å². The van der Waals surface area contributed by atoms with E-state index in [4.69, 9.17) is 21.3 Å². The summed E-state index contributed by atoms with van der Waals surface area (Å²) in [6.45, 7) is 5.05. The van der Waals surface area contributed by atoms with Crippen molar-refractivity contribution in [1.82, 2.24) is 35.1 Å². The third kappa shape index (κ3) is 3.83. The van der Waals surface area contributed by atoms with Gasteiger partial charge in [0, 0.05) is 43.2 Å². The summed E-state index contributed by atoms with van der Waals surface area (Å²) in [7, 11) is 0. The molecule has 1 aliphatic carbocycles. The number of fused-ring (bicyclic) bond motifs is 4. The predicted molar refractivity (Wildman–Crippen MR) is 144 cm³/mol. The molecule has 5 aromatic heterocycles. The number of rotatable bonds is 7. The summed E-state index contributed by atoms with van der Waals surface area (Å²) in [5.74, 6) is 3.08. The normalized spacial score (nSPS) is 20.2. The summed E-state index contributed by atoms with van der Waals surface area (Å²) in [6, 6.07) is 9.61. The first-order chi connectivity index (χ1) is 18.6. The Morgan fingerprint density at radius 3 is 2.84 bits per heavy atom. The second kappa shape index (κ2) is 8.98. The van der Waals surface area contributed by atoms with Crippen LogP contribution < -0.4 is 15.0 Å². The Kier molecular flexibility index (Phi) is 5.43. The minimum Gasteiger partial charge on any atom is -0.492 e. The van der Waals surface area contributed by atoms with Crippen LogP contribution in [0.15, 0.2) is 55.1 Å². The summed E-state index contributed by atoms with van der Waals surface area (Å²) < 4.78 is 7.63. The largest absolute Gasteiger partial charge is 0.492 e. The van der Waals surface area contributed by atoms with Crippen LogP contribution in [0, 0.1) is 17.8 Å². The number of halogens is 1. The number of aromatic nitrogens is 6. The molecule has 0 aromatic carbocycles. The second-order valence-electron chi connectivity index (χ2n) is 9.79. The van der Waals surface area contributed by atoms with Gasteiger partial charge in [0.1, 0.15) is 17.3 Å². The van der Waals surface area contributed by atoms with Crippen LogP contribution in [0.5, 0.6) is 5.75 Å². The van der Waals surface area contributed by atoms with Crippen molar-refractivity contribution in [2.75, 3.05) is 31.1 Å².